The zero-order valence-corrected chi connectivity index (χ0v) is 12.3. The summed E-state index contributed by atoms with van der Waals surface area (Å²) >= 11 is 0. The molecule has 0 saturated carbocycles. The van der Waals surface area contributed by atoms with Crippen molar-refractivity contribution >= 4 is 11.9 Å². The standard InChI is InChI=1S/C15H22N4O2/c1-17-13-3-2-8-19(10-13)14(20)12-6-4-11(5-7-12)9-18-15(16)21/h4-7,13,17H,2-3,8-10H2,1H3,(H3,16,18,21). The third-order valence-corrected chi connectivity index (χ3v) is 3.78. The maximum atomic E-state index is 12.4. The Balaban J connectivity index is 1.97. The van der Waals surface area contributed by atoms with E-state index >= 15 is 0 Å². The second-order valence-electron chi connectivity index (χ2n) is 5.29. The maximum Gasteiger partial charge on any atom is 0.312 e. The molecule has 4 N–H and O–H groups in total. The Morgan fingerprint density at radius 3 is 2.67 bits per heavy atom. The number of likely N-dealkylation sites (tertiary alicyclic amines) is 1. The van der Waals surface area contributed by atoms with Gasteiger partial charge < -0.3 is 21.3 Å². The predicted molar refractivity (Wildman–Crippen MR) is 80.9 cm³/mol. The first-order valence-electron chi connectivity index (χ1n) is 7.19. The van der Waals surface area contributed by atoms with Crippen LogP contribution in [0.25, 0.3) is 0 Å². The minimum absolute atomic E-state index is 0.0596. The number of likely N-dealkylation sites (N-methyl/N-ethyl adjacent to an activating group) is 1. The minimum Gasteiger partial charge on any atom is -0.352 e. The molecular formula is C15H22N4O2. The number of urea groups is 1. The highest BCUT2D eigenvalue weighted by Gasteiger charge is 2.23. The number of rotatable bonds is 4. The first kappa shape index (κ1) is 15.3. The first-order valence-corrected chi connectivity index (χ1v) is 7.19. The molecule has 0 spiro atoms. The molecule has 114 valence electrons. The molecule has 2 rings (SSSR count). The monoisotopic (exact) mass is 290 g/mol. The smallest absolute Gasteiger partial charge is 0.312 e. The van der Waals surface area contributed by atoms with E-state index in [9.17, 15) is 9.59 Å². The molecule has 6 nitrogen and oxygen atoms in total. The normalized spacial score (nSPS) is 18.3. The van der Waals surface area contributed by atoms with Gasteiger partial charge in [-0.2, -0.15) is 0 Å². The molecule has 1 aliphatic heterocycles. The molecular weight excluding hydrogens is 268 g/mol. The van der Waals surface area contributed by atoms with Crippen LogP contribution < -0.4 is 16.4 Å². The van der Waals surface area contributed by atoms with E-state index in [-0.39, 0.29) is 5.91 Å². The first-order chi connectivity index (χ1) is 10.1. The summed E-state index contributed by atoms with van der Waals surface area (Å²) in [5.41, 5.74) is 6.61. The second kappa shape index (κ2) is 7.08. The Morgan fingerprint density at radius 1 is 1.33 bits per heavy atom. The van der Waals surface area contributed by atoms with Crippen molar-refractivity contribution < 1.29 is 9.59 Å². The molecule has 0 aromatic heterocycles. The Bertz CT molecular complexity index is 501. The zero-order valence-electron chi connectivity index (χ0n) is 12.3. The van der Waals surface area contributed by atoms with Crippen LogP contribution >= 0.6 is 0 Å². The van der Waals surface area contributed by atoms with Crippen molar-refractivity contribution in [1.82, 2.24) is 15.5 Å². The number of hydrogen-bond donors (Lipinski definition) is 3. The van der Waals surface area contributed by atoms with Crippen LogP contribution in [0.5, 0.6) is 0 Å². The third-order valence-electron chi connectivity index (χ3n) is 3.78. The molecule has 1 fully saturated rings. The molecule has 0 radical (unpaired) electrons. The topological polar surface area (TPSA) is 87.5 Å². The maximum absolute atomic E-state index is 12.4. The zero-order chi connectivity index (χ0) is 15.2. The van der Waals surface area contributed by atoms with Gasteiger partial charge in [0.1, 0.15) is 0 Å². The lowest BCUT2D eigenvalue weighted by Crippen LogP contribution is -2.46. The van der Waals surface area contributed by atoms with Crippen LogP contribution in [0.2, 0.25) is 0 Å². The number of primary amides is 1. The number of benzene rings is 1. The largest absolute Gasteiger partial charge is 0.352 e. The summed E-state index contributed by atoms with van der Waals surface area (Å²) < 4.78 is 0. The molecule has 1 aliphatic rings. The summed E-state index contributed by atoms with van der Waals surface area (Å²) in [6.45, 7) is 1.93. The van der Waals surface area contributed by atoms with Gasteiger partial charge in [-0.1, -0.05) is 12.1 Å². The molecule has 21 heavy (non-hydrogen) atoms. The number of amides is 3. The molecule has 1 atom stereocenters. The average molecular weight is 290 g/mol. The van der Waals surface area contributed by atoms with Gasteiger partial charge in [0, 0.05) is 31.2 Å². The minimum atomic E-state index is -0.554. The number of nitrogens with zero attached hydrogens (tertiary/aromatic N) is 1. The van der Waals surface area contributed by atoms with Gasteiger partial charge in [0.15, 0.2) is 0 Å². The summed E-state index contributed by atoms with van der Waals surface area (Å²) in [6.07, 6.45) is 2.13. The van der Waals surface area contributed by atoms with E-state index in [1.165, 1.54) is 0 Å². The van der Waals surface area contributed by atoms with Crippen LogP contribution in [0.15, 0.2) is 24.3 Å². The molecule has 3 amide bonds. The van der Waals surface area contributed by atoms with Crippen molar-refractivity contribution in [2.24, 2.45) is 5.73 Å². The number of nitrogens with two attached hydrogens (primary N) is 1. The number of carbonyl (C=O) groups is 2. The molecule has 0 bridgehead atoms. The molecule has 1 saturated heterocycles. The van der Waals surface area contributed by atoms with E-state index < -0.39 is 6.03 Å². The van der Waals surface area contributed by atoms with Gasteiger partial charge in [-0.3, -0.25) is 4.79 Å². The summed E-state index contributed by atoms with van der Waals surface area (Å²) in [5, 5.41) is 5.75. The van der Waals surface area contributed by atoms with E-state index in [1.807, 2.05) is 24.1 Å². The highest BCUT2D eigenvalue weighted by atomic mass is 16.2. The molecule has 1 heterocycles. The fourth-order valence-corrected chi connectivity index (χ4v) is 2.53. The number of nitrogens with one attached hydrogen (secondary N) is 2. The second-order valence-corrected chi connectivity index (χ2v) is 5.29. The van der Waals surface area contributed by atoms with Crippen molar-refractivity contribution in [1.29, 1.82) is 0 Å². The van der Waals surface area contributed by atoms with Gasteiger partial charge in [0.05, 0.1) is 0 Å². The van der Waals surface area contributed by atoms with E-state index in [0.717, 1.165) is 31.5 Å². The fourth-order valence-electron chi connectivity index (χ4n) is 2.53. The fraction of sp³-hybridized carbons (Fsp3) is 0.467. The van der Waals surface area contributed by atoms with Gasteiger partial charge in [-0.05, 0) is 37.6 Å². The van der Waals surface area contributed by atoms with E-state index in [0.29, 0.717) is 18.2 Å². The van der Waals surface area contributed by atoms with Crippen molar-refractivity contribution in [2.45, 2.75) is 25.4 Å². The molecule has 1 aromatic rings. The highest BCUT2D eigenvalue weighted by molar-refractivity contribution is 5.94. The molecule has 0 aliphatic carbocycles. The lowest BCUT2D eigenvalue weighted by atomic mass is 10.0. The molecule has 1 unspecified atom stereocenters. The van der Waals surface area contributed by atoms with Crippen LogP contribution in [0, 0.1) is 0 Å². The van der Waals surface area contributed by atoms with Crippen molar-refractivity contribution in [2.75, 3.05) is 20.1 Å². The van der Waals surface area contributed by atoms with Crippen molar-refractivity contribution in [3.63, 3.8) is 0 Å². The predicted octanol–water partition coefficient (Wildman–Crippen LogP) is 0.679. The summed E-state index contributed by atoms with van der Waals surface area (Å²) in [4.78, 5) is 25.0. The number of carbonyl (C=O) groups excluding carboxylic acids is 2. The lowest BCUT2D eigenvalue weighted by Gasteiger charge is -2.32. The Hall–Kier alpha value is -2.08. The van der Waals surface area contributed by atoms with Crippen LogP contribution in [-0.4, -0.2) is 43.0 Å². The van der Waals surface area contributed by atoms with Gasteiger partial charge in [-0.15, -0.1) is 0 Å². The average Bonchev–Trinajstić information content (AvgIpc) is 2.52. The number of hydrogen-bond acceptors (Lipinski definition) is 3. The van der Waals surface area contributed by atoms with Gasteiger partial charge in [0.25, 0.3) is 5.91 Å². The Morgan fingerprint density at radius 2 is 2.05 bits per heavy atom. The Labute approximate surface area is 124 Å². The molecule has 1 aromatic carbocycles. The van der Waals surface area contributed by atoms with Gasteiger partial charge in [-0.25, -0.2) is 4.79 Å². The third kappa shape index (κ3) is 4.19. The highest BCUT2D eigenvalue weighted by Crippen LogP contribution is 2.14. The quantitative estimate of drug-likeness (QED) is 0.762. The van der Waals surface area contributed by atoms with Crippen LogP contribution in [-0.2, 0) is 6.54 Å². The summed E-state index contributed by atoms with van der Waals surface area (Å²) in [7, 11) is 1.93. The van der Waals surface area contributed by atoms with Gasteiger partial charge in [0.2, 0.25) is 0 Å². The lowest BCUT2D eigenvalue weighted by molar-refractivity contribution is 0.0698. The van der Waals surface area contributed by atoms with E-state index in [1.54, 1.807) is 12.1 Å². The van der Waals surface area contributed by atoms with Gasteiger partial charge >= 0.3 is 6.03 Å². The summed E-state index contributed by atoms with van der Waals surface area (Å²) in [5.74, 6) is 0.0596. The van der Waals surface area contributed by atoms with Crippen molar-refractivity contribution in [3.05, 3.63) is 35.4 Å². The van der Waals surface area contributed by atoms with Crippen LogP contribution in [0.3, 0.4) is 0 Å². The van der Waals surface area contributed by atoms with Crippen LogP contribution in [0.4, 0.5) is 4.79 Å². The Kier molecular flexibility index (Phi) is 5.16. The van der Waals surface area contributed by atoms with E-state index in [4.69, 9.17) is 5.73 Å². The van der Waals surface area contributed by atoms with Crippen LogP contribution in [0.1, 0.15) is 28.8 Å². The molecule has 6 heteroatoms. The van der Waals surface area contributed by atoms with Crippen molar-refractivity contribution in [3.8, 4) is 0 Å². The number of piperidine rings is 1. The van der Waals surface area contributed by atoms with E-state index in [2.05, 4.69) is 10.6 Å². The summed E-state index contributed by atoms with van der Waals surface area (Å²) in [6, 6.07) is 7.08. The SMILES string of the molecule is CNC1CCCN(C(=O)c2ccc(CNC(N)=O)cc2)C1.